The van der Waals surface area contributed by atoms with Crippen molar-refractivity contribution in [3.8, 4) is 16.9 Å². The number of fused-ring (bicyclic) bond motifs is 1. The number of amides is 2. The van der Waals surface area contributed by atoms with Crippen molar-refractivity contribution in [1.82, 2.24) is 0 Å². The lowest BCUT2D eigenvalue weighted by Gasteiger charge is -2.33. The molecule has 2 N–H and O–H groups in total. The van der Waals surface area contributed by atoms with E-state index in [1.165, 1.54) is 0 Å². The van der Waals surface area contributed by atoms with Gasteiger partial charge in [-0.15, -0.1) is 0 Å². The van der Waals surface area contributed by atoms with E-state index in [0.717, 1.165) is 11.1 Å². The van der Waals surface area contributed by atoms with E-state index in [9.17, 15) is 9.59 Å². The SMILES string of the molecule is NC(=O)[C@H]1CN(C(=O)c2ccccc2-c2ccccc2)c2ccccc2O1. The van der Waals surface area contributed by atoms with Crippen molar-refractivity contribution in [2.24, 2.45) is 5.73 Å². The van der Waals surface area contributed by atoms with Crippen LogP contribution in [0, 0.1) is 0 Å². The number of carbonyl (C=O) groups is 2. The highest BCUT2D eigenvalue weighted by Crippen LogP contribution is 2.35. The Morgan fingerprint density at radius 2 is 1.56 bits per heavy atom. The van der Waals surface area contributed by atoms with Crippen molar-refractivity contribution in [1.29, 1.82) is 0 Å². The molecule has 1 aliphatic rings. The third-order valence-corrected chi connectivity index (χ3v) is 4.58. The first kappa shape index (κ1) is 16.8. The van der Waals surface area contributed by atoms with Gasteiger partial charge in [-0.25, -0.2) is 0 Å². The van der Waals surface area contributed by atoms with Crippen molar-refractivity contribution >= 4 is 17.5 Å². The molecule has 0 aromatic heterocycles. The molecule has 3 aromatic carbocycles. The molecule has 1 heterocycles. The summed E-state index contributed by atoms with van der Waals surface area (Å²) in [7, 11) is 0. The van der Waals surface area contributed by atoms with Crippen LogP contribution in [-0.2, 0) is 4.79 Å². The lowest BCUT2D eigenvalue weighted by Crippen LogP contribution is -2.49. The van der Waals surface area contributed by atoms with Crippen LogP contribution in [0.4, 0.5) is 5.69 Å². The van der Waals surface area contributed by atoms with Crippen molar-refractivity contribution in [3.05, 3.63) is 84.4 Å². The molecule has 0 spiro atoms. The van der Waals surface area contributed by atoms with Crippen LogP contribution in [0.25, 0.3) is 11.1 Å². The molecule has 0 unspecified atom stereocenters. The summed E-state index contributed by atoms with van der Waals surface area (Å²) in [6, 6.07) is 24.3. The molecule has 27 heavy (non-hydrogen) atoms. The summed E-state index contributed by atoms with van der Waals surface area (Å²) in [4.78, 5) is 26.7. The van der Waals surface area contributed by atoms with Crippen LogP contribution in [0.5, 0.6) is 5.75 Å². The Balaban J connectivity index is 1.79. The molecule has 134 valence electrons. The summed E-state index contributed by atoms with van der Waals surface area (Å²) >= 11 is 0. The fraction of sp³-hybridized carbons (Fsp3) is 0.0909. The quantitative estimate of drug-likeness (QED) is 0.781. The van der Waals surface area contributed by atoms with E-state index >= 15 is 0 Å². The van der Waals surface area contributed by atoms with Crippen molar-refractivity contribution < 1.29 is 14.3 Å². The van der Waals surface area contributed by atoms with E-state index in [0.29, 0.717) is 17.0 Å². The van der Waals surface area contributed by atoms with Gasteiger partial charge in [0.15, 0.2) is 6.10 Å². The topological polar surface area (TPSA) is 72.6 Å². The number of anilines is 1. The number of rotatable bonds is 3. The predicted octanol–water partition coefficient (Wildman–Crippen LogP) is 3.25. The number of para-hydroxylation sites is 2. The number of nitrogens with two attached hydrogens (primary N) is 1. The van der Waals surface area contributed by atoms with Crippen molar-refractivity contribution in [2.75, 3.05) is 11.4 Å². The lowest BCUT2D eigenvalue weighted by atomic mass is 9.98. The molecule has 1 atom stereocenters. The van der Waals surface area contributed by atoms with E-state index in [-0.39, 0.29) is 12.5 Å². The van der Waals surface area contributed by atoms with E-state index in [2.05, 4.69) is 0 Å². The van der Waals surface area contributed by atoms with Gasteiger partial charge < -0.3 is 15.4 Å². The zero-order valence-corrected chi connectivity index (χ0v) is 14.5. The Labute approximate surface area is 157 Å². The van der Waals surface area contributed by atoms with Gasteiger partial charge in [0.2, 0.25) is 0 Å². The summed E-state index contributed by atoms with van der Waals surface area (Å²) in [5.74, 6) is -0.326. The monoisotopic (exact) mass is 358 g/mol. The maximum absolute atomic E-state index is 13.4. The molecule has 2 amide bonds. The molecule has 5 nitrogen and oxygen atoms in total. The average Bonchev–Trinajstić information content (AvgIpc) is 2.73. The number of nitrogens with zero attached hydrogens (tertiary/aromatic N) is 1. The van der Waals surface area contributed by atoms with Crippen LogP contribution >= 0.6 is 0 Å². The second-order valence-corrected chi connectivity index (χ2v) is 6.30. The fourth-order valence-electron chi connectivity index (χ4n) is 3.26. The van der Waals surface area contributed by atoms with Gasteiger partial charge >= 0.3 is 0 Å². The third-order valence-electron chi connectivity index (χ3n) is 4.58. The van der Waals surface area contributed by atoms with E-state index < -0.39 is 12.0 Å². The number of carbonyl (C=O) groups excluding carboxylic acids is 2. The van der Waals surface area contributed by atoms with Gasteiger partial charge in [-0.3, -0.25) is 9.59 Å². The Hall–Kier alpha value is -3.60. The molecule has 1 aliphatic heterocycles. The second kappa shape index (κ2) is 6.96. The Morgan fingerprint density at radius 3 is 2.33 bits per heavy atom. The highest BCUT2D eigenvalue weighted by Gasteiger charge is 2.33. The van der Waals surface area contributed by atoms with Gasteiger partial charge in [-0.05, 0) is 29.3 Å². The number of primary amides is 1. The standard InChI is InChI=1S/C22H18N2O3/c23-21(25)20-14-24(18-12-6-7-13-19(18)27-20)22(26)17-11-5-4-10-16(17)15-8-2-1-3-9-15/h1-13,20H,14H2,(H2,23,25)/t20-/m1/s1. The van der Waals surface area contributed by atoms with Crippen LogP contribution in [0.2, 0.25) is 0 Å². The van der Waals surface area contributed by atoms with Crippen LogP contribution in [0.15, 0.2) is 78.9 Å². The molecule has 0 aliphatic carbocycles. The number of hydrogen-bond donors (Lipinski definition) is 1. The summed E-state index contributed by atoms with van der Waals surface area (Å²) < 4.78 is 5.66. The van der Waals surface area contributed by atoms with Crippen molar-refractivity contribution in [2.45, 2.75) is 6.10 Å². The van der Waals surface area contributed by atoms with Gasteiger partial charge in [0.25, 0.3) is 11.8 Å². The zero-order chi connectivity index (χ0) is 18.8. The lowest BCUT2D eigenvalue weighted by molar-refractivity contribution is -0.124. The maximum Gasteiger partial charge on any atom is 0.260 e. The molecular formula is C22H18N2O3. The Kier molecular flexibility index (Phi) is 4.34. The summed E-state index contributed by atoms with van der Waals surface area (Å²) in [6.45, 7) is 0.0777. The first-order chi connectivity index (χ1) is 13.1. The fourth-order valence-corrected chi connectivity index (χ4v) is 3.26. The van der Waals surface area contributed by atoms with Crippen LogP contribution in [0.1, 0.15) is 10.4 Å². The Bertz CT molecular complexity index is 1000. The zero-order valence-electron chi connectivity index (χ0n) is 14.5. The minimum absolute atomic E-state index is 0.0777. The highest BCUT2D eigenvalue weighted by atomic mass is 16.5. The van der Waals surface area contributed by atoms with Crippen LogP contribution in [-0.4, -0.2) is 24.5 Å². The minimum atomic E-state index is -0.882. The van der Waals surface area contributed by atoms with E-state index in [4.69, 9.17) is 10.5 Å². The molecule has 0 bridgehead atoms. The van der Waals surface area contributed by atoms with Gasteiger partial charge in [0, 0.05) is 5.56 Å². The van der Waals surface area contributed by atoms with E-state index in [1.807, 2.05) is 54.6 Å². The second-order valence-electron chi connectivity index (χ2n) is 6.30. The molecule has 0 fully saturated rings. The van der Waals surface area contributed by atoms with Gasteiger partial charge in [-0.2, -0.15) is 0 Å². The molecule has 3 aromatic rings. The molecular weight excluding hydrogens is 340 g/mol. The number of hydrogen-bond acceptors (Lipinski definition) is 3. The largest absolute Gasteiger partial charge is 0.477 e. The van der Waals surface area contributed by atoms with Gasteiger partial charge in [-0.1, -0.05) is 60.7 Å². The smallest absolute Gasteiger partial charge is 0.260 e. The Morgan fingerprint density at radius 1 is 0.889 bits per heavy atom. The summed E-state index contributed by atoms with van der Waals surface area (Å²) in [5, 5.41) is 0. The molecule has 0 saturated heterocycles. The summed E-state index contributed by atoms with van der Waals surface area (Å²) in [6.07, 6.45) is -0.882. The predicted molar refractivity (Wildman–Crippen MR) is 104 cm³/mol. The molecule has 0 radical (unpaired) electrons. The number of ether oxygens (including phenoxy) is 1. The molecule has 4 rings (SSSR count). The summed E-state index contributed by atoms with van der Waals surface area (Å²) in [5.41, 5.74) is 8.42. The maximum atomic E-state index is 13.4. The van der Waals surface area contributed by atoms with E-state index in [1.54, 1.807) is 29.2 Å². The first-order valence-corrected chi connectivity index (χ1v) is 8.66. The molecule has 0 saturated carbocycles. The van der Waals surface area contributed by atoms with Crippen LogP contribution in [0.3, 0.4) is 0 Å². The third kappa shape index (κ3) is 3.15. The van der Waals surface area contributed by atoms with Gasteiger partial charge in [0.1, 0.15) is 5.75 Å². The van der Waals surface area contributed by atoms with Gasteiger partial charge in [0.05, 0.1) is 12.2 Å². The molecule has 5 heteroatoms. The highest BCUT2D eigenvalue weighted by molar-refractivity contribution is 6.11. The minimum Gasteiger partial charge on any atom is -0.477 e. The first-order valence-electron chi connectivity index (χ1n) is 8.66. The normalized spacial score (nSPS) is 15.6. The van der Waals surface area contributed by atoms with Crippen molar-refractivity contribution in [3.63, 3.8) is 0 Å². The van der Waals surface area contributed by atoms with Crippen LogP contribution < -0.4 is 15.4 Å². The average molecular weight is 358 g/mol. The number of benzene rings is 3.